The molecule has 1 saturated carbocycles. The first-order chi connectivity index (χ1) is 6.38. The fourth-order valence-corrected chi connectivity index (χ4v) is 1.99. The summed E-state index contributed by atoms with van der Waals surface area (Å²) < 4.78 is 0. The van der Waals surface area contributed by atoms with Crippen molar-refractivity contribution in [1.82, 2.24) is 5.32 Å². The number of carbonyl (C=O) groups excluding carboxylic acids is 1. The number of amides is 1. The Balaban J connectivity index is 2.38. The monoisotopic (exact) mass is 197 g/mol. The molecule has 2 nitrogen and oxygen atoms in total. The smallest absolute Gasteiger partial charge is 0.223 e. The van der Waals surface area contributed by atoms with E-state index in [-0.39, 0.29) is 17.4 Å². The summed E-state index contributed by atoms with van der Waals surface area (Å²) in [6, 6.07) is 0. The van der Waals surface area contributed by atoms with Crippen LogP contribution in [0.4, 0.5) is 0 Å². The third kappa shape index (κ3) is 3.69. The number of carbonyl (C=O) groups is 1. The molecule has 1 aliphatic carbocycles. The Morgan fingerprint density at radius 1 is 1.14 bits per heavy atom. The molecule has 0 saturated heterocycles. The van der Waals surface area contributed by atoms with Crippen molar-refractivity contribution in [2.75, 3.05) is 0 Å². The van der Waals surface area contributed by atoms with Gasteiger partial charge in [-0.05, 0) is 52.4 Å². The first-order valence-corrected chi connectivity index (χ1v) is 5.70. The van der Waals surface area contributed by atoms with Gasteiger partial charge in [0, 0.05) is 11.5 Å². The first kappa shape index (κ1) is 11.5. The van der Waals surface area contributed by atoms with Crippen molar-refractivity contribution in [3.8, 4) is 0 Å². The summed E-state index contributed by atoms with van der Waals surface area (Å²) in [4.78, 5) is 11.8. The molecule has 0 heterocycles. The number of hydrogen-bond acceptors (Lipinski definition) is 1. The summed E-state index contributed by atoms with van der Waals surface area (Å²) in [6.45, 7) is 8.39. The van der Waals surface area contributed by atoms with E-state index in [1.807, 2.05) is 20.8 Å². The van der Waals surface area contributed by atoms with Gasteiger partial charge in [-0.1, -0.05) is 6.92 Å². The topological polar surface area (TPSA) is 29.1 Å². The molecule has 2 heteroatoms. The third-order valence-corrected chi connectivity index (χ3v) is 2.88. The Morgan fingerprint density at radius 3 is 2.07 bits per heavy atom. The van der Waals surface area contributed by atoms with Gasteiger partial charge in [-0.2, -0.15) is 0 Å². The Bertz CT molecular complexity index is 197. The predicted molar refractivity (Wildman–Crippen MR) is 59.0 cm³/mol. The standard InChI is InChI=1S/C12H23NO/c1-9-5-7-10(8-6-9)11(14)13-12(2,3)4/h9-10H,5-8H2,1-4H3,(H,13,14)/t9-,10+. The molecule has 82 valence electrons. The van der Waals surface area contributed by atoms with Gasteiger partial charge in [0.15, 0.2) is 0 Å². The number of hydrogen-bond donors (Lipinski definition) is 1. The molecular formula is C12H23NO. The van der Waals surface area contributed by atoms with Crippen LogP contribution in [0.2, 0.25) is 0 Å². The van der Waals surface area contributed by atoms with Crippen LogP contribution in [0.1, 0.15) is 53.4 Å². The zero-order valence-electron chi connectivity index (χ0n) is 9.89. The lowest BCUT2D eigenvalue weighted by molar-refractivity contribution is -0.127. The average Bonchev–Trinajstić information content (AvgIpc) is 2.02. The first-order valence-electron chi connectivity index (χ1n) is 5.70. The van der Waals surface area contributed by atoms with E-state index >= 15 is 0 Å². The van der Waals surface area contributed by atoms with E-state index in [2.05, 4.69) is 12.2 Å². The quantitative estimate of drug-likeness (QED) is 0.688. The van der Waals surface area contributed by atoms with Crippen LogP contribution in [0.3, 0.4) is 0 Å². The van der Waals surface area contributed by atoms with Gasteiger partial charge in [-0.3, -0.25) is 4.79 Å². The SMILES string of the molecule is CC(C)(C)NC(=O)[C@H]1CC[C@@H](C)CC1. The fourth-order valence-electron chi connectivity index (χ4n) is 1.99. The van der Waals surface area contributed by atoms with Crippen LogP contribution in [0.25, 0.3) is 0 Å². The maximum Gasteiger partial charge on any atom is 0.223 e. The minimum Gasteiger partial charge on any atom is -0.351 e. The minimum atomic E-state index is -0.0832. The summed E-state index contributed by atoms with van der Waals surface area (Å²) in [5.41, 5.74) is -0.0832. The van der Waals surface area contributed by atoms with E-state index in [0.717, 1.165) is 18.8 Å². The van der Waals surface area contributed by atoms with Crippen molar-refractivity contribution in [1.29, 1.82) is 0 Å². The van der Waals surface area contributed by atoms with Crippen molar-refractivity contribution in [2.45, 2.75) is 58.9 Å². The zero-order valence-corrected chi connectivity index (χ0v) is 9.89. The van der Waals surface area contributed by atoms with Gasteiger partial charge in [0.1, 0.15) is 0 Å². The lowest BCUT2D eigenvalue weighted by atomic mass is 9.82. The highest BCUT2D eigenvalue weighted by Crippen LogP contribution is 2.28. The minimum absolute atomic E-state index is 0.0832. The second-order valence-corrected chi connectivity index (χ2v) is 5.70. The predicted octanol–water partition coefficient (Wildman–Crippen LogP) is 2.73. The van der Waals surface area contributed by atoms with Crippen molar-refractivity contribution < 1.29 is 4.79 Å². The van der Waals surface area contributed by atoms with Gasteiger partial charge in [-0.15, -0.1) is 0 Å². The van der Waals surface area contributed by atoms with E-state index in [0.29, 0.717) is 0 Å². The Morgan fingerprint density at radius 2 is 1.64 bits per heavy atom. The maximum atomic E-state index is 11.8. The molecule has 0 aromatic carbocycles. The second-order valence-electron chi connectivity index (χ2n) is 5.70. The molecule has 1 amide bonds. The number of nitrogens with one attached hydrogen (secondary N) is 1. The Kier molecular flexibility index (Phi) is 3.57. The van der Waals surface area contributed by atoms with Crippen LogP contribution >= 0.6 is 0 Å². The van der Waals surface area contributed by atoms with Gasteiger partial charge in [0.25, 0.3) is 0 Å². The van der Waals surface area contributed by atoms with Gasteiger partial charge in [-0.25, -0.2) is 0 Å². The number of rotatable bonds is 1. The molecule has 0 atom stereocenters. The summed E-state index contributed by atoms with van der Waals surface area (Å²) in [7, 11) is 0. The van der Waals surface area contributed by atoms with Crippen LogP contribution in [-0.2, 0) is 4.79 Å². The molecule has 1 fully saturated rings. The third-order valence-electron chi connectivity index (χ3n) is 2.88. The molecule has 1 rings (SSSR count). The van der Waals surface area contributed by atoms with Gasteiger partial charge in [0.2, 0.25) is 5.91 Å². The second kappa shape index (κ2) is 4.33. The van der Waals surface area contributed by atoms with Crippen molar-refractivity contribution in [3.05, 3.63) is 0 Å². The lowest BCUT2D eigenvalue weighted by Crippen LogP contribution is -2.44. The van der Waals surface area contributed by atoms with Crippen LogP contribution in [0.15, 0.2) is 0 Å². The molecule has 0 spiro atoms. The van der Waals surface area contributed by atoms with Crippen LogP contribution < -0.4 is 5.32 Å². The highest BCUT2D eigenvalue weighted by molar-refractivity contribution is 5.79. The molecule has 0 radical (unpaired) electrons. The van der Waals surface area contributed by atoms with E-state index in [9.17, 15) is 4.79 Å². The molecular weight excluding hydrogens is 174 g/mol. The average molecular weight is 197 g/mol. The normalized spacial score (nSPS) is 28.6. The van der Waals surface area contributed by atoms with Crippen molar-refractivity contribution in [2.24, 2.45) is 11.8 Å². The maximum absolute atomic E-state index is 11.8. The summed E-state index contributed by atoms with van der Waals surface area (Å²) in [5, 5.41) is 3.06. The summed E-state index contributed by atoms with van der Waals surface area (Å²) in [6.07, 6.45) is 4.57. The highest BCUT2D eigenvalue weighted by atomic mass is 16.2. The molecule has 0 bridgehead atoms. The van der Waals surface area contributed by atoms with Crippen molar-refractivity contribution in [3.63, 3.8) is 0 Å². The summed E-state index contributed by atoms with van der Waals surface area (Å²) >= 11 is 0. The van der Waals surface area contributed by atoms with Crippen LogP contribution in [-0.4, -0.2) is 11.4 Å². The van der Waals surface area contributed by atoms with Gasteiger partial charge in [0.05, 0.1) is 0 Å². The summed E-state index contributed by atoms with van der Waals surface area (Å²) in [5.74, 6) is 1.34. The Hall–Kier alpha value is -0.530. The Labute approximate surface area is 87.5 Å². The van der Waals surface area contributed by atoms with E-state index in [1.165, 1.54) is 12.8 Å². The van der Waals surface area contributed by atoms with E-state index in [4.69, 9.17) is 0 Å². The highest BCUT2D eigenvalue weighted by Gasteiger charge is 2.26. The molecule has 0 aromatic heterocycles. The molecule has 0 aromatic rings. The molecule has 0 unspecified atom stereocenters. The fraction of sp³-hybridized carbons (Fsp3) is 0.917. The molecule has 1 aliphatic rings. The zero-order chi connectivity index (χ0) is 10.8. The van der Waals surface area contributed by atoms with Crippen molar-refractivity contribution >= 4 is 5.91 Å². The van der Waals surface area contributed by atoms with E-state index in [1.54, 1.807) is 0 Å². The largest absolute Gasteiger partial charge is 0.351 e. The van der Waals surface area contributed by atoms with Gasteiger partial charge < -0.3 is 5.32 Å². The van der Waals surface area contributed by atoms with E-state index < -0.39 is 0 Å². The van der Waals surface area contributed by atoms with Gasteiger partial charge >= 0.3 is 0 Å². The lowest BCUT2D eigenvalue weighted by Gasteiger charge is -2.29. The van der Waals surface area contributed by atoms with Crippen LogP contribution in [0.5, 0.6) is 0 Å². The molecule has 14 heavy (non-hydrogen) atoms. The van der Waals surface area contributed by atoms with Crippen LogP contribution in [0, 0.1) is 11.8 Å². The molecule has 1 N–H and O–H groups in total. The molecule has 0 aliphatic heterocycles.